The first-order valence-corrected chi connectivity index (χ1v) is 8.49. The Labute approximate surface area is 134 Å². The van der Waals surface area contributed by atoms with Gasteiger partial charge in [-0.05, 0) is 25.7 Å². The second-order valence-corrected chi connectivity index (χ2v) is 5.67. The van der Waals surface area contributed by atoms with Crippen molar-refractivity contribution in [2.45, 2.75) is 71.1 Å². The summed E-state index contributed by atoms with van der Waals surface area (Å²) in [6.07, 6.45) is 14.9. The molecule has 0 aliphatic heterocycles. The largest absolute Gasteiger partial charge is 0.465 e. The molecule has 0 aliphatic carbocycles. The lowest BCUT2D eigenvalue weighted by Crippen LogP contribution is -2.38. The zero-order valence-electron chi connectivity index (χ0n) is 13.9. The summed E-state index contributed by atoms with van der Waals surface area (Å²) >= 11 is 0. The molecular formula is C17H32N2O3. The van der Waals surface area contributed by atoms with Crippen LogP contribution in [0.1, 0.15) is 71.1 Å². The van der Waals surface area contributed by atoms with Gasteiger partial charge in [0.2, 0.25) is 5.91 Å². The monoisotopic (exact) mass is 312 g/mol. The van der Waals surface area contributed by atoms with Crippen LogP contribution in [0.2, 0.25) is 0 Å². The fraction of sp³-hybridized carbons (Fsp3) is 0.765. The van der Waals surface area contributed by atoms with Gasteiger partial charge in [0.25, 0.3) is 0 Å². The molecule has 128 valence electrons. The van der Waals surface area contributed by atoms with Crippen LogP contribution in [-0.4, -0.2) is 35.1 Å². The molecule has 0 atom stereocenters. The van der Waals surface area contributed by atoms with Crippen LogP contribution in [0.15, 0.2) is 12.2 Å². The zero-order chi connectivity index (χ0) is 16.6. The minimum Gasteiger partial charge on any atom is -0.465 e. The number of primary amides is 1. The molecular weight excluding hydrogens is 280 g/mol. The van der Waals surface area contributed by atoms with Crippen LogP contribution in [0.3, 0.4) is 0 Å². The Balaban J connectivity index is 3.40. The normalized spacial score (nSPS) is 11.0. The van der Waals surface area contributed by atoms with Gasteiger partial charge in [0, 0.05) is 6.54 Å². The molecule has 5 nitrogen and oxygen atoms in total. The molecule has 0 aromatic carbocycles. The summed E-state index contributed by atoms with van der Waals surface area (Å²) in [4.78, 5) is 22.7. The highest BCUT2D eigenvalue weighted by Gasteiger charge is 2.13. The van der Waals surface area contributed by atoms with E-state index in [9.17, 15) is 9.59 Å². The number of amides is 2. The van der Waals surface area contributed by atoms with Gasteiger partial charge in [0.15, 0.2) is 0 Å². The first-order chi connectivity index (χ1) is 10.6. The van der Waals surface area contributed by atoms with Gasteiger partial charge in [-0.2, -0.15) is 0 Å². The molecule has 0 saturated heterocycles. The molecule has 0 aromatic rings. The summed E-state index contributed by atoms with van der Waals surface area (Å²) in [6, 6.07) is 0. The van der Waals surface area contributed by atoms with Crippen LogP contribution < -0.4 is 5.73 Å². The second-order valence-electron chi connectivity index (χ2n) is 5.67. The number of allylic oxidation sites excluding steroid dienone is 2. The van der Waals surface area contributed by atoms with Crippen LogP contribution in [-0.2, 0) is 4.79 Å². The third-order valence-electron chi connectivity index (χ3n) is 3.57. The lowest BCUT2D eigenvalue weighted by atomic mass is 10.1. The molecule has 3 N–H and O–H groups in total. The number of carboxylic acid groups (broad SMARTS) is 1. The SMILES string of the molecule is CCC=CCCCCCCCCCCN(CC(N)=O)C(=O)O. The highest BCUT2D eigenvalue weighted by Crippen LogP contribution is 2.10. The predicted octanol–water partition coefficient (Wildman–Crippen LogP) is 3.93. The highest BCUT2D eigenvalue weighted by atomic mass is 16.4. The Morgan fingerprint density at radius 2 is 1.50 bits per heavy atom. The van der Waals surface area contributed by atoms with Gasteiger partial charge in [0.1, 0.15) is 6.54 Å². The van der Waals surface area contributed by atoms with E-state index in [0.29, 0.717) is 6.54 Å². The first kappa shape index (κ1) is 20.5. The average Bonchev–Trinajstić information content (AvgIpc) is 2.46. The Morgan fingerprint density at radius 3 is 2.00 bits per heavy atom. The maximum atomic E-state index is 10.9. The molecule has 0 spiro atoms. The smallest absolute Gasteiger partial charge is 0.407 e. The number of nitrogens with two attached hydrogens (primary N) is 1. The molecule has 0 bridgehead atoms. The van der Waals surface area contributed by atoms with E-state index in [4.69, 9.17) is 10.8 Å². The number of carbonyl (C=O) groups is 2. The first-order valence-electron chi connectivity index (χ1n) is 8.49. The Kier molecular flexibility index (Phi) is 13.4. The molecule has 0 radical (unpaired) electrons. The number of nitrogens with zero attached hydrogens (tertiary/aromatic N) is 1. The predicted molar refractivity (Wildman–Crippen MR) is 89.8 cm³/mol. The van der Waals surface area contributed by atoms with Crippen molar-refractivity contribution >= 4 is 12.0 Å². The van der Waals surface area contributed by atoms with E-state index in [-0.39, 0.29) is 6.54 Å². The van der Waals surface area contributed by atoms with Gasteiger partial charge in [-0.15, -0.1) is 0 Å². The van der Waals surface area contributed by atoms with Crippen LogP contribution in [0.5, 0.6) is 0 Å². The Bertz CT molecular complexity index is 330. The van der Waals surface area contributed by atoms with Crippen molar-refractivity contribution in [1.82, 2.24) is 4.90 Å². The Morgan fingerprint density at radius 1 is 0.955 bits per heavy atom. The van der Waals surface area contributed by atoms with Crippen molar-refractivity contribution in [2.24, 2.45) is 5.73 Å². The number of rotatable bonds is 14. The van der Waals surface area contributed by atoms with Gasteiger partial charge in [0.05, 0.1) is 0 Å². The van der Waals surface area contributed by atoms with E-state index in [1.54, 1.807) is 0 Å². The van der Waals surface area contributed by atoms with Gasteiger partial charge in [-0.25, -0.2) is 4.79 Å². The fourth-order valence-electron chi connectivity index (χ4n) is 2.34. The van der Waals surface area contributed by atoms with E-state index in [1.807, 2.05) is 0 Å². The molecule has 22 heavy (non-hydrogen) atoms. The van der Waals surface area contributed by atoms with Crippen LogP contribution in [0.4, 0.5) is 4.79 Å². The summed E-state index contributed by atoms with van der Waals surface area (Å²) in [6.45, 7) is 2.34. The van der Waals surface area contributed by atoms with E-state index >= 15 is 0 Å². The fourth-order valence-corrected chi connectivity index (χ4v) is 2.34. The summed E-state index contributed by atoms with van der Waals surface area (Å²) < 4.78 is 0. The minimum atomic E-state index is -1.07. The van der Waals surface area contributed by atoms with Crippen LogP contribution >= 0.6 is 0 Å². The van der Waals surface area contributed by atoms with Gasteiger partial charge in [-0.1, -0.05) is 57.6 Å². The molecule has 2 amide bonds. The van der Waals surface area contributed by atoms with E-state index in [1.165, 1.54) is 38.5 Å². The average molecular weight is 312 g/mol. The number of hydrogen-bond donors (Lipinski definition) is 2. The molecule has 0 fully saturated rings. The molecule has 5 heteroatoms. The third-order valence-corrected chi connectivity index (χ3v) is 3.57. The van der Waals surface area contributed by atoms with Gasteiger partial charge >= 0.3 is 6.09 Å². The maximum absolute atomic E-state index is 10.9. The van der Waals surface area contributed by atoms with Crippen molar-refractivity contribution in [3.8, 4) is 0 Å². The van der Waals surface area contributed by atoms with Crippen molar-refractivity contribution < 1.29 is 14.7 Å². The molecule has 0 unspecified atom stereocenters. The molecule has 0 aromatic heterocycles. The second kappa shape index (κ2) is 14.4. The quantitative estimate of drug-likeness (QED) is 0.376. The van der Waals surface area contributed by atoms with Crippen LogP contribution in [0, 0.1) is 0 Å². The molecule has 0 heterocycles. The number of hydrogen-bond acceptors (Lipinski definition) is 2. The Hall–Kier alpha value is -1.52. The molecule has 0 rings (SSSR count). The minimum absolute atomic E-state index is 0.207. The summed E-state index contributed by atoms with van der Waals surface area (Å²) in [5.41, 5.74) is 5.02. The van der Waals surface area contributed by atoms with E-state index < -0.39 is 12.0 Å². The summed E-state index contributed by atoms with van der Waals surface area (Å²) in [5.74, 6) is -0.601. The molecule has 0 saturated carbocycles. The van der Waals surface area contributed by atoms with Crippen molar-refractivity contribution in [3.05, 3.63) is 12.2 Å². The lowest BCUT2D eigenvalue weighted by Gasteiger charge is -2.16. The zero-order valence-corrected chi connectivity index (χ0v) is 13.9. The van der Waals surface area contributed by atoms with E-state index in [0.717, 1.165) is 30.6 Å². The van der Waals surface area contributed by atoms with Crippen LogP contribution in [0.25, 0.3) is 0 Å². The van der Waals surface area contributed by atoms with E-state index in [2.05, 4.69) is 19.1 Å². The number of unbranched alkanes of at least 4 members (excludes halogenated alkanes) is 8. The molecule has 0 aliphatic rings. The highest BCUT2D eigenvalue weighted by molar-refractivity contribution is 5.80. The van der Waals surface area contributed by atoms with Crippen molar-refractivity contribution in [3.63, 3.8) is 0 Å². The summed E-state index contributed by atoms with van der Waals surface area (Å²) in [7, 11) is 0. The third kappa shape index (κ3) is 13.5. The summed E-state index contributed by atoms with van der Waals surface area (Å²) in [5, 5.41) is 8.91. The van der Waals surface area contributed by atoms with Crippen molar-refractivity contribution in [1.29, 1.82) is 0 Å². The lowest BCUT2D eigenvalue weighted by molar-refractivity contribution is -0.118. The maximum Gasteiger partial charge on any atom is 0.407 e. The number of carbonyl (C=O) groups excluding carboxylic acids is 1. The van der Waals surface area contributed by atoms with Gasteiger partial charge < -0.3 is 10.8 Å². The standard InChI is InChI=1S/C17H32N2O3/c1-2-3-4-5-6-7-8-9-10-11-12-13-14-19(17(21)22)15-16(18)20/h3-4H,2,5-15H2,1H3,(H2,18,20)(H,21,22). The van der Waals surface area contributed by atoms with Gasteiger partial charge in [-0.3, -0.25) is 9.69 Å². The topological polar surface area (TPSA) is 83.6 Å². The van der Waals surface area contributed by atoms with Crippen molar-refractivity contribution in [2.75, 3.05) is 13.1 Å².